The molecule has 0 radical (unpaired) electrons. The van der Waals surface area contributed by atoms with E-state index in [4.69, 9.17) is 5.73 Å². The number of nitrogens with zero attached hydrogens (tertiary/aromatic N) is 1. The summed E-state index contributed by atoms with van der Waals surface area (Å²) in [5.41, 5.74) is 6.40. The number of thiophene rings is 1. The van der Waals surface area contributed by atoms with Gasteiger partial charge in [0.1, 0.15) is 0 Å². The van der Waals surface area contributed by atoms with Crippen molar-refractivity contribution in [3.63, 3.8) is 0 Å². The van der Waals surface area contributed by atoms with E-state index in [9.17, 15) is 4.39 Å². The number of anilines is 1. The van der Waals surface area contributed by atoms with Crippen LogP contribution in [-0.4, -0.2) is 11.9 Å². The Balaban J connectivity index is 2.03. The molecule has 1 heterocycles. The molecule has 18 heavy (non-hydrogen) atoms. The van der Waals surface area contributed by atoms with Gasteiger partial charge in [-0.25, -0.2) is 4.39 Å². The molecule has 2 nitrogen and oxygen atoms in total. The van der Waals surface area contributed by atoms with Crippen molar-refractivity contribution in [2.75, 3.05) is 12.8 Å². The van der Waals surface area contributed by atoms with Crippen LogP contribution in [-0.2, 0) is 13.1 Å². The molecule has 0 atom stereocenters. The van der Waals surface area contributed by atoms with Crippen LogP contribution in [0.15, 0.2) is 34.1 Å². The maximum atomic E-state index is 13.7. The summed E-state index contributed by atoms with van der Waals surface area (Å²) in [5.74, 6) is -0.309. The number of nitrogen functional groups attached to an aromatic ring is 1. The fourth-order valence-electron chi connectivity index (χ4n) is 1.77. The van der Waals surface area contributed by atoms with Crippen molar-refractivity contribution in [2.24, 2.45) is 0 Å². The molecule has 0 saturated carbocycles. The average Bonchev–Trinajstić information content (AvgIpc) is 2.70. The van der Waals surface area contributed by atoms with Crippen LogP contribution in [0.3, 0.4) is 0 Å². The van der Waals surface area contributed by atoms with Gasteiger partial charge >= 0.3 is 0 Å². The minimum atomic E-state index is -0.309. The molecule has 1 aromatic carbocycles. The topological polar surface area (TPSA) is 29.3 Å². The van der Waals surface area contributed by atoms with E-state index in [2.05, 4.69) is 26.9 Å². The second-order valence-corrected chi connectivity index (χ2v) is 6.14. The molecule has 2 aromatic rings. The van der Waals surface area contributed by atoms with Crippen LogP contribution < -0.4 is 5.73 Å². The Bertz CT molecular complexity index is 542. The molecular formula is C13H14BrFN2S. The van der Waals surface area contributed by atoms with Gasteiger partial charge < -0.3 is 5.73 Å². The third-order valence-electron chi connectivity index (χ3n) is 2.60. The van der Waals surface area contributed by atoms with E-state index in [1.165, 1.54) is 4.88 Å². The lowest BCUT2D eigenvalue weighted by molar-refractivity contribution is 0.316. The Kier molecular flexibility index (Phi) is 4.37. The minimum Gasteiger partial charge on any atom is -0.396 e. The van der Waals surface area contributed by atoms with Gasteiger partial charge in [-0.1, -0.05) is 12.1 Å². The van der Waals surface area contributed by atoms with Crippen molar-refractivity contribution in [1.82, 2.24) is 4.90 Å². The van der Waals surface area contributed by atoms with Crippen LogP contribution in [0.25, 0.3) is 0 Å². The lowest BCUT2D eigenvalue weighted by Gasteiger charge is -2.16. The Morgan fingerprint density at radius 1 is 1.39 bits per heavy atom. The lowest BCUT2D eigenvalue weighted by Crippen LogP contribution is -2.17. The summed E-state index contributed by atoms with van der Waals surface area (Å²) in [6, 6.07) is 7.21. The number of rotatable bonds is 4. The average molecular weight is 329 g/mol. The predicted octanol–water partition coefficient (Wildman–Crippen LogP) is 3.86. The number of halogens is 2. The molecule has 0 saturated heterocycles. The SMILES string of the molecule is CN(Cc1cc(Br)cs1)Cc1cccc(N)c1F. The molecule has 2 rings (SSSR count). The van der Waals surface area contributed by atoms with Gasteiger partial charge in [-0.3, -0.25) is 4.90 Å². The third-order valence-corrected chi connectivity index (χ3v) is 4.28. The zero-order chi connectivity index (χ0) is 13.1. The highest BCUT2D eigenvalue weighted by atomic mass is 79.9. The van der Waals surface area contributed by atoms with Crippen molar-refractivity contribution in [1.29, 1.82) is 0 Å². The highest BCUT2D eigenvalue weighted by Gasteiger charge is 2.09. The van der Waals surface area contributed by atoms with Gasteiger partial charge in [-0.05, 0) is 35.1 Å². The van der Waals surface area contributed by atoms with Crippen LogP contribution in [0, 0.1) is 5.82 Å². The third kappa shape index (κ3) is 3.31. The molecule has 0 unspecified atom stereocenters. The zero-order valence-corrected chi connectivity index (χ0v) is 12.4. The van der Waals surface area contributed by atoms with Crippen molar-refractivity contribution < 1.29 is 4.39 Å². The Hall–Kier alpha value is -0.910. The molecule has 0 amide bonds. The summed E-state index contributed by atoms with van der Waals surface area (Å²) in [7, 11) is 1.97. The first-order valence-corrected chi connectivity index (χ1v) is 7.18. The molecule has 0 fully saturated rings. The van der Waals surface area contributed by atoms with Crippen LogP contribution in [0.1, 0.15) is 10.4 Å². The molecule has 0 bridgehead atoms. The van der Waals surface area contributed by atoms with E-state index in [1.807, 2.05) is 12.4 Å². The predicted molar refractivity (Wildman–Crippen MR) is 78.0 cm³/mol. The van der Waals surface area contributed by atoms with Gasteiger partial charge in [0, 0.05) is 33.4 Å². The van der Waals surface area contributed by atoms with E-state index in [0.29, 0.717) is 12.1 Å². The maximum absolute atomic E-state index is 13.7. The summed E-state index contributed by atoms with van der Waals surface area (Å²) in [6.07, 6.45) is 0. The van der Waals surface area contributed by atoms with Crippen LogP contribution in [0.4, 0.5) is 10.1 Å². The molecule has 0 aliphatic carbocycles. The first-order chi connectivity index (χ1) is 8.56. The highest BCUT2D eigenvalue weighted by Crippen LogP contribution is 2.22. The standard InChI is InChI=1S/C13H14BrFN2S/c1-17(7-11-5-10(14)8-18-11)6-9-3-2-4-12(16)13(9)15/h2-5,8H,6-7,16H2,1H3. The molecular weight excluding hydrogens is 315 g/mol. The largest absolute Gasteiger partial charge is 0.396 e. The summed E-state index contributed by atoms with van der Waals surface area (Å²) in [4.78, 5) is 3.31. The Labute approximate surface area is 118 Å². The summed E-state index contributed by atoms with van der Waals surface area (Å²) in [5, 5.41) is 2.05. The van der Waals surface area contributed by atoms with E-state index in [-0.39, 0.29) is 11.5 Å². The van der Waals surface area contributed by atoms with Crippen molar-refractivity contribution in [2.45, 2.75) is 13.1 Å². The summed E-state index contributed by atoms with van der Waals surface area (Å²) >= 11 is 5.11. The molecule has 1 aromatic heterocycles. The highest BCUT2D eigenvalue weighted by molar-refractivity contribution is 9.10. The quantitative estimate of drug-likeness (QED) is 0.863. The Morgan fingerprint density at radius 2 is 2.17 bits per heavy atom. The number of hydrogen-bond acceptors (Lipinski definition) is 3. The maximum Gasteiger partial charge on any atom is 0.150 e. The van der Waals surface area contributed by atoms with Gasteiger partial charge in [-0.15, -0.1) is 11.3 Å². The number of hydrogen-bond donors (Lipinski definition) is 1. The van der Waals surface area contributed by atoms with Gasteiger partial charge in [0.25, 0.3) is 0 Å². The van der Waals surface area contributed by atoms with Crippen molar-refractivity contribution in [3.8, 4) is 0 Å². The van der Waals surface area contributed by atoms with Crippen molar-refractivity contribution >= 4 is 33.0 Å². The minimum absolute atomic E-state index is 0.208. The fourth-order valence-corrected chi connectivity index (χ4v) is 3.30. The fraction of sp³-hybridized carbons (Fsp3) is 0.231. The monoisotopic (exact) mass is 328 g/mol. The normalized spacial score (nSPS) is 11.1. The van der Waals surface area contributed by atoms with Gasteiger partial charge in [-0.2, -0.15) is 0 Å². The molecule has 5 heteroatoms. The van der Waals surface area contributed by atoms with Gasteiger partial charge in [0.15, 0.2) is 5.82 Å². The molecule has 96 valence electrons. The van der Waals surface area contributed by atoms with Crippen LogP contribution >= 0.6 is 27.3 Å². The number of benzene rings is 1. The molecule has 0 spiro atoms. The zero-order valence-electron chi connectivity index (χ0n) is 9.99. The second kappa shape index (κ2) is 5.82. The summed E-state index contributed by atoms with van der Waals surface area (Å²) < 4.78 is 14.8. The van der Waals surface area contributed by atoms with Gasteiger partial charge in [0.2, 0.25) is 0 Å². The first kappa shape index (κ1) is 13.5. The van der Waals surface area contributed by atoms with Crippen molar-refractivity contribution in [3.05, 3.63) is 50.4 Å². The van der Waals surface area contributed by atoms with E-state index >= 15 is 0 Å². The van der Waals surface area contributed by atoms with Gasteiger partial charge in [0.05, 0.1) is 5.69 Å². The first-order valence-electron chi connectivity index (χ1n) is 5.50. The van der Waals surface area contributed by atoms with E-state index in [0.717, 1.165) is 11.0 Å². The molecule has 0 aliphatic heterocycles. The van der Waals surface area contributed by atoms with E-state index < -0.39 is 0 Å². The summed E-state index contributed by atoms with van der Waals surface area (Å²) in [6.45, 7) is 1.34. The lowest BCUT2D eigenvalue weighted by atomic mass is 10.1. The second-order valence-electron chi connectivity index (χ2n) is 4.22. The van der Waals surface area contributed by atoms with Crippen LogP contribution in [0.2, 0.25) is 0 Å². The Morgan fingerprint density at radius 3 is 2.83 bits per heavy atom. The molecule has 0 aliphatic rings. The number of nitrogens with two attached hydrogens (primary N) is 1. The smallest absolute Gasteiger partial charge is 0.150 e. The molecule has 2 N–H and O–H groups in total. The van der Waals surface area contributed by atoms with Crippen LogP contribution in [0.5, 0.6) is 0 Å². The van der Waals surface area contributed by atoms with E-state index in [1.54, 1.807) is 29.5 Å².